The minimum Gasteiger partial charge on any atom is -0.496 e. The molecule has 1 aromatic heterocycles. The van der Waals surface area contributed by atoms with Gasteiger partial charge in [-0.15, -0.1) is 0 Å². The van der Waals surface area contributed by atoms with Gasteiger partial charge < -0.3 is 10.1 Å². The van der Waals surface area contributed by atoms with E-state index in [4.69, 9.17) is 4.74 Å². The molecule has 0 aliphatic heterocycles. The molecule has 1 aliphatic rings. The molecule has 0 bridgehead atoms. The van der Waals surface area contributed by atoms with Gasteiger partial charge in [-0.25, -0.2) is 0 Å². The van der Waals surface area contributed by atoms with E-state index in [2.05, 4.69) is 21.6 Å². The second kappa shape index (κ2) is 5.83. The van der Waals surface area contributed by atoms with E-state index in [0.717, 1.165) is 42.6 Å². The van der Waals surface area contributed by atoms with E-state index < -0.39 is 5.41 Å². The Hall–Kier alpha value is -2.30. The number of ether oxygens (including phenoxy) is 1. The van der Waals surface area contributed by atoms with Gasteiger partial charge in [-0.2, -0.15) is 5.10 Å². The van der Waals surface area contributed by atoms with Crippen LogP contribution in [0.4, 0.5) is 5.69 Å². The van der Waals surface area contributed by atoms with Crippen molar-refractivity contribution in [1.29, 1.82) is 0 Å². The quantitative estimate of drug-likeness (QED) is 0.911. The Morgan fingerprint density at radius 3 is 2.77 bits per heavy atom. The fraction of sp³-hybridized carbons (Fsp3) is 0.412. The fourth-order valence-electron chi connectivity index (χ4n) is 3.31. The number of aryl methyl sites for hydroxylation is 1. The Morgan fingerprint density at radius 1 is 1.36 bits per heavy atom. The van der Waals surface area contributed by atoms with Crippen LogP contribution in [0.15, 0.2) is 30.6 Å². The number of methoxy groups -OCH3 is 1. The molecule has 22 heavy (non-hydrogen) atoms. The van der Waals surface area contributed by atoms with Gasteiger partial charge in [-0.1, -0.05) is 25.0 Å². The molecule has 0 atom stereocenters. The van der Waals surface area contributed by atoms with Gasteiger partial charge in [0, 0.05) is 6.20 Å². The highest BCUT2D eigenvalue weighted by atomic mass is 16.5. The Labute approximate surface area is 130 Å². The first-order valence-electron chi connectivity index (χ1n) is 7.61. The Bertz CT molecular complexity index is 659. The molecule has 1 fully saturated rings. The van der Waals surface area contributed by atoms with E-state index in [9.17, 15) is 4.79 Å². The number of carbonyl (C=O) groups is 1. The van der Waals surface area contributed by atoms with Gasteiger partial charge in [-0.05, 0) is 37.0 Å². The highest BCUT2D eigenvalue weighted by Gasteiger charge is 2.43. The molecule has 1 heterocycles. The molecule has 2 N–H and O–H groups in total. The predicted octanol–water partition coefficient (Wildman–Crippen LogP) is 3.18. The van der Waals surface area contributed by atoms with Crippen molar-refractivity contribution in [3.05, 3.63) is 41.7 Å². The zero-order valence-electron chi connectivity index (χ0n) is 13.0. The van der Waals surface area contributed by atoms with Gasteiger partial charge in [0.25, 0.3) is 0 Å². The molecule has 0 radical (unpaired) electrons. The molecule has 2 aromatic rings. The molecule has 3 rings (SSSR count). The lowest BCUT2D eigenvalue weighted by molar-refractivity contribution is -0.121. The molecular weight excluding hydrogens is 278 g/mol. The van der Waals surface area contributed by atoms with Crippen LogP contribution in [0.25, 0.3) is 0 Å². The molecule has 116 valence electrons. The Kier molecular flexibility index (Phi) is 3.88. The van der Waals surface area contributed by atoms with Crippen LogP contribution in [0.5, 0.6) is 5.75 Å². The van der Waals surface area contributed by atoms with Crippen LogP contribution in [-0.4, -0.2) is 23.2 Å². The van der Waals surface area contributed by atoms with E-state index in [1.54, 1.807) is 19.5 Å². The predicted molar refractivity (Wildman–Crippen MR) is 85.1 cm³/mol. The largest absolute Gasteiger partial charge is 0.496 e. The zero-order chi connectivity index (χ0) is 15.6. The summed E-state index contributed by atoms with van der Waals surface area (Å²) in [6.07, 6.45) is 7.17. The van der Waals surface area contributed by atoms with Crippen LogP contribution < -0.4 is 10.1 Å². The molecule has 0 spiro atoms. The van der Waals surface area contributed by atoms with Crippen LogP contribution in [-0.2, 0) is 10.2 Å². The number of H-pyrrole nitrogens is 1. The number of rotatable bonds is 4. The first-order chi connectivity index (χ1) is 10.7. The average molecular weight is 299 g/mol. The second-order valence-electron chi connectivity index (χ2n) is 5.91. The SMILES string of the molecule is COc1cc(C2(C(=O)Nc3cn[nH]c3)CCCC2)ccc1C. The van der Waals surface area contributed by atoms with E-state index in [-0.39, 0.29) is 5.91 Å². The Morgan fingerprint density at radius 2 is 2.14 bits per heavy atom. The first-order valence-corrected chi connectivity index (χ1v) is 7.61. The minimum absolute atomic E-state index is 0.0392. The zero-order valence-corrected chi connectivity index (χ0v) is 13.0. The summed E-state index contributed by atoms with van der Waals surface area (Å²) in [7, 11) is 1.67. The van der Waals surface area contributed by atoms with Crippen LogP contribution in [0.3, 0.4) is 0 Å². The monoisotopic (exact) mass is 299 g/mol. The smallest absolute Gasteiger partial charge is 0.235 e. The number of aromatic amines is 1. The third kappa shape index (κ3) is 2.47. The summed E-state index contributed by atoms with van der Waals surface area (Å²) in [5.41, 5.74) is 2.34. The number of hydrogen-bond acceptors (Lipinski definition) is 3. The maximum Gasteiger partial charge on any atom is 0.235 e. The summed E-state index contributed by atoms with van der Waals surface area (Å²) >= 11 is 0. The molecule has 1 saturated carbocycles. The fourth-order valence-corrected chi connectivity index (χ4v) is 3.31. The van der Waals surface area contributed by atoms with Crippen molar-refractivity contribution in [2.45, 2.75) is 38.0 Å². The molecule has 1 aliphatic carbocycles. The van der Waals surface area contributed by atoms with E-state index in [1.165, 1.54) is 0 Å². The molecule has 0 unspecified atom stereocenters. The number of hydrogen-bond donors (Lipinski definition) is 2. The maximum absolute atomic E-state index is 12.9. The van der Waals surface area contributed by atoms with Crippen molar-refractivity contribution in [2.24, 2.45) is 0 Å². The lowest BCUT2D eigenvalue weighted by atomic mass is 9.77. The molecule has 1 aromatic carbocycles. The van der Waals surface area contributed by atoms with Crippen LogP contribution in [0.2, 0.25) is 0 Å². The van der Waals surface area contributed by atoms with Crippen molar-refractivity contribution >= 4 is 11.6 Å². The van der Waals surface area contributed by atoms with Crippen LogP contribution in [0.1, 0.15) is 36.8 Å². The summed E-state index contributed by atoms with van der Waals surface area (Å²) in [5, 5.41) is 9.58. The number of benzene rings is 1. The van der Waals surface area contributed by atoms with Gasteiger partial charge in [0.05, 0.1) is 24.4 Å². The van der Waals surface area contributed by atoms with Crippen molar-refractivity contribution < 1.29 is 9.53 Å². The standard InChI is InChI=1S/C17H21N3O2/c1-12-5-6-13(9-15(12)22-2)17(7-3-4-8-17)16(21)20-14-10-18-19-11-14/h5-6,9-11H,3-4,7-8H2,1-2H3,(H,18,19)(H,20,21). The van der Waals surface area contributed by atoms with Crippen molar-refractivity contribution in [1.82, 2.24) is 10.2 Å². The average Bonchev–Trinajstić information content (AvgIpc) is 3.19. The van der Waals surface area contributed by atoms with Crippen LogP contribution >= 0.6 is 0 Å². The minimum atomic E-state index is -0.474. The van der Waals surface area contributed by atoms with Gasteiger partial charge in [-0.3, -0.25) is 9.89 Å². The molecule has 1 amide bonds. The highest BCUT2D eigenvalue weighted by Crippen LogP contribution is 2.43. The molecule has 0 saturated heterocycles. The second-order valence-corrected chi connectivity index (χ2v) is 5.91. The lowest BCUT2D eigenvalue weighted by Gasteiger charge is -2.28. The third-order valence-electron chi connectivity index (χ3n) is 4.61. The number of nitrogens with one attached hydrogen (secondary N) is 2. The topological polar surface area (TPSA) is 67.0 Å². The number of nitrogens with zero attached hydrogens (tertiary/aromatic N) is 1. The van der Waals surface area contributed by atoms with Crippen molar-refractivity contribution in [3.63, 3.8) is 0 Å². The van der Waals surface area contributed by atoms with E-state index in [1.807, 2.05) is 19.1 Å². The number of aromatic nitrogens is 2. The summed E-state index contributed by atoms with van der Waals surface area (Å²) < 4.78 is 5.43. The summed E-state index contributed by atoms with van der Waals surface area (Å²) in [6, 6.07) is 6.09. The van der Waals surface area contributed by atoms with Crippen molar-refractivity contribution in [3.8, 4) is 5.75 Å². The third-order valence-corrected chi connectivity index (χ3v) is 4.61. The molecular formula is C17H21N3O2. The molecule has 5 nitrogen and oxygen atoms in total. The van der Waals surface area contributed by atoms with Gasteiger partial charge in [0.2, 0.25) is 5.91 Å². The lowest BCUT2D eigenvalue weighted by Crippen LogP contribution is -2.38. The summed E-state index contributed by atoms with van der Waals surface area (Å²) in [4.78, 5) is 12.9. The van der Waals surface area contributed by atoms with Gasteiger partial charge in [0.1, 0.15) is 5.75 Å². The Balaban J connectivity index is 1.96. The van der Waals surface area contributed by atoms with Crippen molar-refractivity contribution in [2.75, 3.05) is 12.4 Å². The number of anilines is 1. The summed E-state index contributed by atoms with van der Waals surface area (Å²) in [6.45, 7) is 2.01. The first kappa shape index (κ1) is 14.6. The molecule has 5 heteroatoms. The van der Waals surface area contributed by atoms with E-state index in [0.29, 0.717) is 5.69 Å². The summed E-state index contributed by atoms with van der Waals surface area (Å²) in [5.74, 6) is 0.872. The van der Waals surface area contributed by atoms with Gasteiger partial charge >= 0.3 is 0 Å². The maximum atomic E-state index is 12.9. The van der Waals surface area contributed by atoms with E-state index >= 15 is 0 Å². The van der Waals surface area contributed by atoms with Gasteiger partial charge in [0.15, 0.2) is 0 Å². The number of carbonyl (C=O) groups excluding carboxylic acids is 1. The normalized spacial score (nSPS) is 16.5. The highest BCUT2D eigenvalue weighted by molar-refractivity contribution is 5.99. The number of amides is 1. The van der Waals surface area contributed by atoms with Crippen LogP contribution in [0, 0.1) is 6.92 Å².